The van der Waals surface area contributed by atoms with Gasteiger partial charge < -0.3 is 14.7 Å². The van der Waals surface area contributed by atoms with Crippen molar-refractivity contribution in [1.82, 2.24) is 14.7 Å². The van der Waals surface area contributed by atoms with E-state index < -0.39 is 22.3 Å². The normalized spacial score (nSPS) is 20.3. The molecule has 2 unspecified atom stereocenters. The molecule has 0 radical (unpaired) electrons. The number of nitrogens with zero attached hydrogens (tertiary/aromatic N) is 3. The van der Waals surface area contributed by atoms with Crippen molar-refractivity contribution < 1.29 is 27.2 Å². The van der Waals surface area contributed by atoms with Gasteiger partial charge in [-0.05, 0) is 24.8 Å². The first kappa shape index (κ1) is 20.4. The van der Waals surface area contributed by atoms with Crippen molar-refractivity contribution >= 4 is 16.2 Å². The van der Waals surface area contributed by atoms with E-state index >= 15 is 0 Å². The van der Waals surface area contributed by atoms with E-state index in [1.165, 1.54) is 11.0 Å². The highest BCUT2D eigenvalue weighted by molar-refractivity contribution is 7.86. The molecule has 1 N–H and O–H groups in total. The largest absolute Gasteiger partial charge is 0.445 e. The van der Waals surface area contributed by atoms with Crippen LogP contribution in [0.5, 0.6) is 0 Å². The molecule has 2 rings (SSSR count). The van der Waals surface area contributed by atoms with Gasteiger partial charge in [0.05, 0.1) is 25.1 Å². The molecule has 1 fully saturated rings. The molecule has 1 aromatic rings. The molecule has 1 amide bonds. The summed E-state index contributed by atoms with van der Waals surface area (Å²) in [5.41, 5.74) is 0.912. The third-order valence-electron chi connectivity index (χ3n) is 3.95. The third-order valence-corrected chi connectivity index (χ3v) is 4.57. The summed E-state index contributed by atoms with van der Waals surface area (Å²) in [7, 11) is -3.61. The molecular formula is C16H25N3O6S. The van der Waals surface area contributed by atoms with Gasteiger partial charge in [0, 0.05) is 25.4 Å². The van der Waals surface area contributed by atoms with Crippen LogP contribution in [0.2, 0.25) is 0 Å². The number of rotatable bonds is 9. The highest BCUT2D eigenvalue weighted by Gasteiger charge is 2.38. The van der Waals surface area contributed by atoms with Gasteiger partial charge in [-0.2, -0.15) is 13.5 Å². The van der Waals surface area contributed by atoms with Gasteiger partial charge in [-0.25, -0.2) is 4.79 Å². The number of carbonyl (C=O) groups excluding carboxylic acids is 1. The molecule has 1 saturated heterocycles. The van der Waals surface area contributed by atoms with Crippen LogP contribution in [0.15, 0.2) is 25.0 Å². The Hall–Kier alpha value is -1.91. The number of aliphatic hydroxyl groups is 1. The lowest BCUT2D eigenvalue weighted by atomic mass is 10.1. The van der Waals surface area contributed by atoms with E-state index in [-0.39, 0.29) is 25.8 Å². The molecule has 1 aromatic heterocycles. The smallest absolute Gasteiger partial charge is 0.410 e. The van der Waals surface area contributed by atoms with Crippen molar-refractivity contribution in [2.75, 3.05) is 26.0 Å². The van der Waals surface area contributed by atoms with Gasteiger partial charge in [-0.15, -0.1) is 0 Å². The van der Waals surface area contributed by atoms with E-state index in [9.17, 15) is 13.2 Å². The predicted octanol–water partition coefficient (Wildman–Crippen LogP) is 0.550. The second-order valence-electron chi connectivity index (χ2n) is 6.22. The molecule has 1 aliphatic heterocycles. The highest BCUT2D eigenvalue weighted by atomic mass is 32.2. The number of hydrogen-bond acceptors (Lipinski definition) is 7. The lowest BCUT2D eigenvalue weighted by Crippen LogP contribution is -2.37. The van der Waals surface area contributed by atoms with E-state index in [1.807, 2.05) is 6.20 Å². The van der Waals surface area contributed by atoms with Crippen LogP contribution in [0, 0.1) is 0 Å². The first-order chi connectivity index (χ1) is 12.3. The topological polar surface area (TPSA) is 111 Å². The summed E-state index contributed by atoms with van der Waals surface area (Å²) in [4.78, 5) is 13.8. The Morgan fingerprint density at radius 1 is 1.54 bits per heavy atom. The second kappa shape index (κ2) is 9.15. The van der Waals surface area contributed by atoms with Crippen LogP contribution < -0.4 is 0 Å². The number of aryl methyl sites for hydroxylation is 1. The fraction of sp³-hybridized carbons (Fsp3) is 0.625. The van der Waals surface area contributed by atoms with Crippen LogP contribution in [0.3, 0.4) is 0 Å². The number of hydrogen-bond donors (Lipinski definition) is 1. The van der Waals surface area contributed by atoms with E-state index in [4.69, 9.17) is 14.0 Å². The van der Waals surface area contributed by atoms with Crippen LogP contribution in [0.25, 0.3) is 0 Å². The first-order valence-electron chi connectivity index (χ1n) is 8.37. The van der Waals surface area contributed by atoms with Crippen molar-refractivity contribution in [1.29, 1.82) is 0 Å². The quantitative estimate of drug-likeness (QED) is 0.486. The molecule has 1 aliphatic rings. The highest BCUT2D eigenvalue weighted by Crippen LogP contribution is 2.25. The van der Waals surface area contributed by atoms with Crippen LogP contribution in [-0.2, 0) is 32.0 Å². The molecule has 9 nitrogen and oxygen atoms in total. The third kappa shape index (κ3) is 6.11. The maximum atomic E-state index is 12.3. The van der Waals surface area contributed by atoms with Crippen molar-refractivity contribution in [3.63, 3.8) is 0 Å². The minimum atomic E-state index is -3.61. The number of aliphatic hydroxyl groups excluding tert-OH is 1. The minimum Gasteiger partial charge on any atom is -0.445 e. The van der Waals surface area contributed by atoms with Gasteiger partial charge in [-0.3, -0.25) is 8.86 Å². The number of amides is 1. The van der Waals surface area contributed by atoms with Crippen LogP contribution in [-0.4, -0.2) is 72.5 Å². The lowest BCUT2D eigenvalue weighted by molar-refractivity contribution is 0.104. The van der Waals surface area contributed by atoms with E-state index in [1.54, 1.807) is 10.9 Å². The zero-order chi connectivity index (χ0) is 19.2. The van der Waals surface area contributed by atoms with Crippen molar-refractivity contribution in [2.45, 2.75) is 38.0 Å². The first-order valence-corrected chi connectivity index (χ1v) is 10.2. The summed E-state index contributed by atoms with van der Waals surface area (Å²) >= 11 is 0. The number of likely N-dealkylation sites (tertiary alicyclic amines) is 1. The Balaban J connectivity index is 2.06. The molecule has 0 aromatic carbocycles. The molecule has 0 aliphatic carbocycles. The zero-order valence-corrected chi connectivity index (χ0v) is 15.6. The Bertz CT molecular complexity index is 717. The fourth-order valence-corrected chi connectivity index (χ4v) is 3.59. The molecule has 2 atom stereocenters. The van der Waals surface area contributed by atoms with Gasteiger partial charge in [-0.1, -0.05) is 12.7 Å². The molecule has 0 spiro atoms. The molecule has 2 heterocycles. The molecule has 26 heavy (non-hydrogen) atoms. The number of aromatic nitrogens is 2. The SMILES string of the molecule is C=CCOC(=O)N1CC(OS(C)(=O)=O)CC1Cc1cnn(CCCO)c1. The summed E-state index contributed by atoms with van der Waals surface area (Å²) in [5, 5.41) is 13.1. The minimum absolute atomic E-state index is 0.0821. The Kier molecular flexibility index (Phi) is 7.18. The van der Waals surface area contributed by atoms with Crippen LogP contribution in [0.1, 0.15) is 18.4 Å². The standard InChI is InChI=1S/C16H25N3O6S/c1-3-7-24-16(21)19-12-15(25-26(2,22)23)9-14(19)8-13-10-17-18(11-13)5-4-6-20/h3,10-11,14-15,20H,1,4-9,12H2,2H3. The lowest BCUT2D eigenvalue weighted by Gasteiger charge is -2.23. The maximum Gasteiger partial charge on any atom is 0.410 e. The summed E-state index contributed by atoms with van der Waals surface area (Å²) in [5.74, 6) is 0. The predicted molar refractivity (Wildman–Crippen MR) is 94.0 cm³/mol. The number of ether oxygens (including phenoxy) is 1. The van der Waals surface area contributed by atoms with E-state index in [0.29, 0.717) is 25.8 Å². The van der Waals surface area contributed by atoms with E-state index in [2.05, 4.69) is 11.7 Å². The molecule has 0 bridgehead atoms. The van der Waals surface area contributed by atoms with Gasteiger partial charge in [0.15, 0.2) is 0 Å². The fourth-order valence-electron chi connectivity index (χ4n) is 2.96. The molecule has 0 saturated carbocycles. The molecule has 10 heteroatoms. The summed E-state index contributed by atoms with van der Waals surface area (Å²) in [6.45, 7) is 4.43. The van der Waals surface area contributed by atoms with Crippen molar-refractivity contribution in [2.24, 2.45) is 0 Å². The van der Waals surface area contributed by atoms with Crippen LogP contribution in [0.4, 0.5) is 4.79 Å². The maximum absolute atomic E-state index is 12.3. The molecule has 146 valence electrons. The average molecular weight is 387 g/mol. The Morgan fingerprint density at radius 3 is 2.96 bits per heavy atom. The van der Waals surface area contributed by atoms with Gasteiger partial charge in [0.2, 0.25) is 0 Å². The number of carbonyl (C=O) groups is 1. The Morgan fingerprint density at radius 2 is 2.31 bits per heavy atom. The Labute approximate surface area is 153 Å². The monoisotopic (exact) mass is 387 g/mol. The second-order valence-corrected chi connectivity index (χ2v) is 7.82. The summed E-state index contributed by atoms with van der Waals surface area (Å²) < 4.78 is 34.7. The molecular weight excluding hydrogens is 362 g/mol. The zero-order valence-electron chi connectivity index (χ0n) is 14.8. The van der Waals surface area contributed by atoms with Gasteiger partial charge in [0.1, 0.15) is 6.61 Å². The van der Waals surface area contributed by atoms with Crippen LogP contribution >= 0.6 is 0 Å². The average Bonchev–Trinajstić information content (AvgIpc) is 3.16. The van der Waals surface area contributed by atoms with Gasteiger partial charge in [0.25, 0.3) is 10.1 Å². The summed E-state index contributed by atoms with van der Waals surface area (Å²) in [6, 6.07) is -0.255. The van der Waals surface area contributed by atoms with Gasteiger partial charge >= 0.3 is 6.09 Å². The van der Waals surface area contributed by atoms with Crippen molar-refractivity contribution in [3.05, 3.63) is 30.6 Å². The summed E-state index contributed by atoms with van der Waals surface area (Å²) in [6.07, 6.45) is 6.39. The van der Waals surface area contributed by atoms with E-state index in [0.717, 1.165) is 11.8 Å². The van der Waals surface area contributed by atoms with Crippen molar-refractivity contribution in [3.8, 4) is 0 Å².